The van der Waals surface area contributed by atoms with E-state index in [1.54, 1.807) is 0 Å². The molecular formula is C13H17N3. The van der Waals surface area contributed by atoms with Crippen LogP contribution in [0.1, 0.15) is 18.9 Å². The average Bonchev–Trinajstić information content (AvgIpc) is 2.26. The Bertz CT molecular complexity index is 390. The molecule has 1 fully saturated rings. The first-order valence-electron chi connectivity index (χ1n) is 5.82. The van der Waals surface area contributed by atoms with Gasteiger partial charge in [0, 0.05) is 25.3 Å². The first kappa shape index (κ1) is 11.0. The zero-order valence-electron chi connectivity index (χ0n) is 9.61. The molecule has 0 radical (unpaired) electrons. The SMILES string of the molecule is CCCN(c1cccc(C#N)c1)C1CNC1. The first-order valence-corrected chi connectivity index (χ1v) is 5.82. The summed E-state index contributed by atoms with van der Waals surface area (Å²) in [5, 5.41) is 12.2. The van der Waals surface area contributed by atoms with Crippen molar-refractivity contribution >= 4 is 5.69 Å². The number of rotatable bonds is 4. The van der Waals surface area contributed by atoms with Gasteiger partial charge in [-0.05, 0) is 24.6 Å². The van der Waals surface area contributed by atoms with Gasteiger partial charge in [-0.1, -0.05) is 13.0 Å². The number of nitrogens with zero attached hydrogens (tertiary/aromatic N) is 2. The van der Waals surface area contributed by atoms with Crippen LogP contribution < -0.4 is 10.2 Å². The lowest BCUT2D eigenvalue weighted by atomic mass is 10.1. The number of benzene rings is 1. The second-order valence-electron chi connectivity index (χ2n) is 4.17. The summed E-state index contributed by atoms with van der Waals surface area (Å²) < 4.78 is 0. The van der Waals surface area contributed by atoms with E-state index in [1.165, 1.54) is 5.69 Å². The van der Waals surface area contributed by atoms with Crippen LogP contribution in [0.15, 0.2) is 24.3 Å². The highest BCUT2D eigenvalue weighted by Gasteiger charge is 2.24. The Hall–Kier alpha value is -1.53. The Labute approximate surface area is 96.7 Å². The molecule has 1 aliphatic rings. The molecule has 3 nitrogen and oxygen atoms in total. The summed E-state index contributed by atoms with van der Waals surface area (Å²) in [6.07, 6.45) is 1.13. The van der Waals surface area contributed by atoms with E-state index >= 15 is 0 Å². The highest BCUT2D eigenvalue weighted by Crippen LogP contribution is 2.20. The minimum atomic E-state index is 0.592. The first-order chi connectivity index (χ1) is 7.85. The molecule has 0 atom stereocenters. The van der Waals surface area contributed by atoms with E-state index in [0.29, 0.717) is 6.04 Å². The Balaban J connectivity index is 2.20. The summed E-state index contributed by atoms with van der Waals surface area (Å²) in [5.74, 6) is 0. The fourth-order valence-corrected chi connectivity index (χ4v) is 2.01. The third-order valence-electron chi connectivity index (χ3n) is 2.97. The normalized spacial score (nSPS) is 15.2. The van der Waals surface area contributed by atoms with Crippen molar-refractivity contribution in [3.8, 4) is 6.07 Å². The van der Waals surface area contributed by atoms with Crippen LogP contribution in [0.2, 0.25) is 0 Å². The lowest BCUT2D eigenvalue weighted by Gasteiger charge is -2.39. The van der Waals surface area contributed by atoms with Gasteiger partial charge in [0.25, 0.3) is 0 Å². The van der Waals surface area contributed by atoms with Gasteiger partial charge < -0.3 is 10.2 Å². The summed E-state index contributed by atoms with van der Waals surface area (Å²) in [4.78, 5) is 2.40. The van der Waals surface area contributed by atoms with E-state index in [9.17, 15) is 0 Å². The van der Waals surface area contributed by atoms with Crippen molar-refractivity contribution in [1.82, 2.24) is 5.32 Å². The fraction of sp³-hybridized carbons (Fsp3) is 0.462. The molecule has 0 spiro atoms. The summed E-state index contributed by atoms with van der Waals surface area (Å²) in [5.41, 5.74) is 1.92. The fourth-order valence-electron chi connectivity index (χ4n) is 2.01. The Morgan fingerprint density at radius 1 is 1.50 bits per heavy atom. The van der Waals surface area contributed by atoms with Gasteiger partial charge in [0.05, 0.1) is 17.7 Å². The van der Waals surface area contributed by atoms with E-state index in [0.717, 1.165) is 31.6 Å². The Morgan fingerprint density at radius 3 is 2.88 bits per heavy atom. The maximum absolute atomic E-state index is 8.90. The molecule has 1 saturated heterocycles. The Kier molecular flexibility index (Phi) is 3.43. The van der Waals surface area contributed by atoms with Crippen molar-refractivity contribution in [3.05, 3.63) is 29.8 Å². The molecule has 0 bridgehead atoms. The topological polar surface area (TPSA) is 39.1 Å². The number of anilines is 1. The van der Waals surface area contributed by atoms with Crippen molar-refractivity contribution in [2.75, 3.05) is 24.5 Å². The van der Waals surface area contributed by atoms with Gasteiger partial charge in [-0.15, -0.1) is 0 Å². The zero-order valence-corrected chi connectivity index (χ0v) is 9.61. The predicted molar refractivity (Wildman–Crippen MR) is 65.5 cm³/mol. The largest absolute Gasteiger partial charge is 0.366 e. The standard InChI is InChI=1S/C13H17N3/c1-2-6-16(13-9-15-10-13)12-5-3-4-11(7-12)8-14/h3-5,7,13,15H,2,6,9-10H2,1H3. The number of hydrogen-bond donors (Lipinski definition) is 1. The van der Waals surface area contributed by atoms with Crippen molar-refractivity contribution in [2.45, 2.75) is 19.4 Å². The van der Waals surface area contributed by atoms with Crippen molar-refractivity contribution in [1.29, 1.82) is 5.26 Å². The van der Waals surface area contributed by atoms with Gasteiger partial charge in [0.2, 0.25) is 0 Å². The van der Waals surface area contributed by atoms with Crippen LogP contribution in [0.4, 0.5) is 5.69 Å². The quantitative estimate of drug-likeness (QED) is 0.831. The number of hydrogen-bond acceptors (Lipinski definition) is 3. The van der Waals surface area contributed by atoms with Crippen LogP contribution in [-0.2, 0) is 0 Å². The van der Waals surface area contributed by atoms with E-state index in [-0.39, 0.29) is 0 Å². The molecule has 0 aliphatic carbocycles. The lowest BCUT2D eigenvalue weighted by Crippen LogP contribution is -2.57. The molecule has 1 aromatic rings. The molecule has 0 aromatic heterocycles. The number of nitriles is 1. The van der Waals surface area contributed by atoms with E-state index < -0.39 is 0 Å². The van der Waals surface area contributed by atoms with E-state index in [4.69, 9.17) is 5.26 Å². The van der Waals surface area contributed by atoms with Gasteiger partial charge in [0.15, 0.2) is 0 Å². The van der Waals surface area contributed by atoms with Crippen LogP contribution in [-0.4, -0.2) is 25.7 Å². The summed E-state index contributed by atoms with van der Waals surface area (Å²) in [6.45, 7) is 5.35. The second-order valence-corrected chi connectivity index (χ2v) is 4.17. The molecule has 1 aliphatic heterocycles. The molecule has 16 heavy (non-hydrogen) atoms. The van der Waals surface area contributed by atoms with Gasteiger partial charge >= 0.3 is 0 Å². The molecule has 1 N–H and O–H groups in total. The molecule has 1 aromatic carbocycles. The molecule has 0 unspecified atom stereocenters. The monoisotopic (exact) mass is 215 g/mol. The minimum Gasteiger partial charge on any atom is -0.366 e. The van der Waals surface area contributed by atoms with Crippen LogP contribution in [0.5, 0.6) is 0 Å². The molecule has 2 rings (SSSR count). The average molecular weight is 215 g/mol. The summed E-state index contributed by atoms with van der Waals surface area (Å²) >= 11 is 0. The second kappa shape index (κ2) is 5.00. The van der Waals surface area contributed by atoms with E-state index in [1.807, 2.05) is 18.2 Å². The summed E-state index contributed by atoms with van der Waals surface area (Å²) in [7, 11) is 0. The Morgan fingerprint density at radius 2 is 2.31 bits per heavy atom. The predicted octanol–water partition coefficient (Wildman–Crippen LogP) is 1.75. The molecule has 3 heteroatoms. The van der Waals surface area contributed by atoms with Gasteiger partial charge in [-0.2, -0.15) is 5.26 Å². The van der Waals surface area contributed by atoms with Crippen molar-refractivity contribution < 1.29 is 0 Å². The lowest BCUT2D eigenvalue weighted by molar-refractivity contribution is 0.412. The third kappa shape index (κ3) is 2.17. The molecule has 0 amide bonds. The highest BCUT2D eigenvalue weighted by molar-refractivity contribution is 5.52. The van der Waals surface area contributed by atoms with Gasteiger partial charge in [0.1, 0.15) is 0 Å². The zero-order chi connectivity index (χ0) is 11.4. The third-order valence-corrected chi connectivity index (χ3v) is 2.97. The number of nitrogens with one attached hydrogen (secondary N) is 1. The highest BCUT2D eigenvalue weighted by atomic mass is 15.2. The maximum atomic E-state index is 8.90. The van der Waals surface area contributed by atoms with Crippen molar-refractivity contribution in [2.24, 2.45) is 0 Å². The van der Waals surface area contributed by atoms with Crippen LogP contribution in [0.25, 0.3) is 0 Å². The van der Waals surface area contributed by atoms with E-state index in [2.05, 4.69) is 29.3 Å². The smallest absolute Gasteiger partial charge is 0.0992 e. The molecule has 0 saturated carbocycles. The van der Waals surface area contributed by atoms with Gasteiger partial charge in [-0.3, -0.25) is 0 Å². The van der Waals surface area contributed by atoms with Crippen LogP contribution in [0.3, 0.4) is 0 Å². The molecule has 84 valence electrons. The van der Waals surface area contributed by atoms with Crippen LogP contribution in [0, 0.1) is 11.3 Å². The van der Waals surface area contributed by atoms with Crippen molar-refractivity contribution in [3.63, 3.8) is 0 Å². The maximum Gasteiger partial charge on any atom is 0.0992 e. The molecular weight excluding hydrogens is 198 g/mol. The van der Waals surface area contributed by atoms with Gasteiger partial charge in [-0.25, -0.2) is 0 Å². The summed E-state index contributed by atoms with van der Waals surface area (Å²) in [6, 6.07) is 10.7. The van der Waals surface area contributed by atoms with Crippen LogP contribution >= 0.6 is 0 Å². The molecule has 1 heterocycles. The minimum absolute atomic E-state index is 0.592.